The van der Waals surface area contributed by atoms with Crippen LogP contribution in [0.1, 0.15) is 37.1 Å². The second-order valence-corrected chi connectivity index (χ2v) is 8.10. The van der Waals surface area contributed by atoms with E-state index >= 15 is 0 Å². The van der Waals surface area contributed by atoms with Gasteiger partial charge in [0.2, 0.25) is 0 Å². The summed E-state index contributed by atoms with van der Waals surface area (Å²) in [7, 11) is 1.92. The van der Waals surface area contributed by atoms with Crippen molar-refractivity contribution in [2.24, 2.45) is 0 Å². The highest BCUT2D eigenvalue weighted by Crippen LogP contribution is 2.16. The first-order valence-corrected chi connectivity index (χ1v) is 10.8. The third kappa shape index (κ3) is 8.10. The highest BCUT2D eigenvalue weighted by Gasteiger charge is 2.28. The van der Waals surface area contributed by atoms with E-state index in [-0.39, 0.29) is 25.4 Å². The molecule has 0 aliphatic carbocycles. The van der Waals surface area contributed by atoms with Crippen molar-refractivity contribution >= 4 is 24.5 Å². The van der Waals surface area contributed by atoms with Crippen LogP contribution >= 0.6 is 0 Å². The lowest BCUT2D eigenvalue weighted by Gasteiger charge is -2.33. The molecule has 10 heteroatoms. The van der Waals surface area contributed by atoms with Gasteiger partial charge in [-0.15, -0.1) is 0 Å². The zero-order valence-electron chi connectivity index (χ0n) is 18.4. The van der Waals surface area contributed by atoms with Gasteiger partial charge in [0.1, 0.15) is 18.6 Å². The topological polar surface area (TPSA) is 131 Å². The van der Waals surface area contributed by atoms with Crippen molar-refractivity contribution in [2.75, 3.05) is 33.2 Å². The fourth-order valence-electron chi connectivity index (χ4n) is 3.84. The number of fused-ring (bicyclic) bond motifs is 2. The summed E-state index contributed by atoms with van der Waals surface area (Å²) >= 11 is 0. The van der Waals surface area contributed by atoms with Crippen molar-refractivity contribution in [1.82, 2.24) is 19.7 Å². The number of likely N-dealkylation sites (N-methyl/N-ethyl adjacent to an activating group) is 1. The molecule has 1 aromatic heterocycles. The number of aliphatic carboxylic acids is 2. The summed E-state index contributed by atoms with van der Waals surface area (Å²) in [6.45, 7) is 2.95. The summed E-state index contributed by atoms with van der Waals surface area (Å²) in [4.78, 5) is 55.9. The quantitative estimate of drug-likeness (QED) is 0.488. The molecule has 0 saturated carbocycles. The van der Waals surface area contributed by atoms with Gasteiger partial charge in [-0.1, -0.05) is 6.07 Å². The van der Waals surface area contributed by atoms with Crippen LogP contribution < -0.4 is 0 Å². The molecule has 1 aliphatic rings. The van der Waals surface area contributed by atoms with Crippen molar-refractivity contribution < 1.29 is 29.4 Å². The molecule has 2 atom stereocenters. The molecule has 2 N–H and O–H groups in total. The van der Waals surface area contributed by atoms with Gasteiger partial charge in [0.25, 0.3) is 0 Å². The van der Waals surface area contributed by atoms with Crippen LogP contribution in [0.2, 0.25) is 0 Å². The smallest absolute Gasteiger partial charge is 0.320 e. The van der Waals surface area contributed by atoms with E-state index in [0.29, 0.717) is 51.3 Å². The molecule has 10 nitrogen and oxygen atoms in total. The van der Waals surface area contributed by atoms with Crippen LogP contribution in [0.15, 0.2) is 18.2 Å². The SMILES string of the molecule is CN1CCN([C@H](CCC(=O)O)C(=O)O)Cc2cccc(n2)CN([C@@H](C=O)CCC=O)CC1. The molecule has 0 spiro atoms. The van der Waals surface area contributed by atoms with Gasteiger partial charge in [-0.3, -0.25) is 24.4 Å². The highest BCUT2D eigenvalue weighted by molar-refractivity contribution is 5.75. The Hall–Kier alpha value is -2.69. The fraction of sp³-hybridized carbons (Fsp3) is 0.591. The Morgan fingerprint density at radius 2 is 1.66 bits per heavy atom. The van der Waals surface area contributed by atoms with Gasteiger partial charge in [-0.05, 0) is 32.0 Å². The Labute approximate surface area is 187 Å². The average Bonchev–Trinajstić information content (AvgIpc) is 2.75. The first-order chi connectivity index (χ1) is 15.3. The first-order valence-electron chi connectivity index (χ1n) is 10.8. The number of nitrogens with zero attached hydrogens (tertiary/aromatic N) is 4. The van der Waals surface area contributed by atoms with Crippen molar-refractivity contribution in [3.8, 4) is 0 Å². The number of carboxylic acids is 2. The molecule has 2 rings (SSSR count). The van der Waals surface area contributed by atoms with E-state index in [0.717, 1.165) is 18.3 Å². The van der Waals surface area contributed by atoms with E-state index in [4.69, 9.17) is 5.11 Å². The van der Waals surface area contributed by atoms with E-state index in [1.165, 1.54) is 0 Å². The van der Waals surface area contributed by atoms with Crippen LogP contribution in [0.5, 0.6) is 0 Å². The van der Waals surface area contributed by atoms with Crippen molar-refractivity contribution in [3.63, 3.8) is 0 Å². The number of pyridine rings is 1. The zero-order chi connectivity index (χ0) is 23.5. The molecule has 2 bridgehead atoms. The second kappa shape index (κ2) is 13.0. The first kappa shape index (κ1) is 25.6. The van der Waals surface area contributed by atoms with E-state index in [9.17, 15) is 24.3 Å². The van der Waals surface area contributed by atoms with Crippen LogP contribution in [0.25, 0.3) is 0 Å². The number of hydrogen-bond acceptors (Lipinski definition) is 8. The highest BCUT2D eigenvalue weighted by atomic mass is 16.4. The van der Waals surface area contributed by atoms with E-state index < -0.39 is 18.0 Å². The van der Waals surface area contributed by atoms with Crippen LogP contribution in [0.4, 0.5) is 0 Å². The molecule has 0 unspecified atom stereocenters. The van der Waals surface area contributed by atoms with Gasteiger partial charge in [0, 0.05) is 52.1 Å². The second-order valence-electron chi connectivity index (χ2n) is 8.10. The summed E-state index contributed by atoms with van der Waals surface area (Å²) in [5, 5.41) is 18.7. The number of rotatable bonds is 10. The van der Waals surface area contributed by atoms with Gasteiger partial charge in [-0.2, -0.15) is 0 Å². The third-order valence-electron chi connectivity index (χ3n) is 5.70. The van der Waals surface area contributed by atoms with Gasteiger partial charge in [0.15, 0.2) is 0 Å². The molecule has 2 heterocycles. The van der Waals surface area contributed by atoms with Gasteiger partial charge < -0.3 is 24.7 Å². The molecule has 0 radical (unpaired) electrons. The predicted molar refractivity (Wildman–Crippen MR) is 116 cm³/mol. The average molecular weight is 449 g/mol. The lowest BCUT2D eigenvalue weighted by atomic mass is 10.1. The van der Waals surface area contributed by atoms with Gasteiger partial charge in [0.05, 0.1) is 17.4 Å². The molecular formula is C22H32N4O6. The van der Waals surface area contributed by atoms with Crippen LogP contribution in [-0.2, 0) is 32.3 Å². The molecule has 0 amide bonds. The predicted octanol–water partition coefficient (Wildman–Crippen LogP) is 0.496. The minimum atomic E-state index is -1.05. The van der Waals surface area contributed by atoms with Crippen molar-refractivity contribution in [2.45, 2.75) is 50.9 Å². The number of aromatic nitrogens is 1. The Kier molecular flexibility index (Phi) is 10.4. The van der Waals surface area contributed by atoms with Crippen molar-refractivity contribution in [1.29, 1.82) is 0 Å². The maximum Gasteiger partial charge on any atom is 0.320 e. The van der Waals surface area contributed by atoms with Crippen LogP contribution in [-0.4, -0.2) is 99.7 Å². The van der Waals surface area contributed by atoms with Crippen LogP contribution in [0.3, 0.4) is 0 Å². The van der Waals surface area contributed by atoms with Gasteiger partial charge >= 0.3 is 11.9 Å². The number of carbonyl (C=O) groups is 4. The molecular weight excluding hydrogens is 416 g/mol. The summed E-state index contributed by atoms with van der Waals surface area (Å²) in [6, 6.07) is 4.21. The number of hydrogen-bond donors (Lipinski definition) is 2. The normalized spacial score (nSPS) is 18.7. The Bertz CT molecular complexity index is 789. The van der Waals surface area contributed by atoms with E-state index in [1.54, 1.807) is 4.90 Å². The molecule has 176 valence electrons. The molecule has 32 heavy (non-hydrogen) atoms. The largest absolute Gasteiger partial charge is 0.481 e. The summed E-state index contributed by atoms with van der Waals surface area (Å²) in [5.74, 6) is -2.07. The van der Waals surface area contributed by atoms with Gasteiger partial charge in [-0.25, -0.2) is 0 Å². The summed E-state index contributed by atoms with van der Waals surface area (Å²) in [5.41, 5.74) is 1.43. The Balaban J connectivity index is 2.29. The number of carboxylic acid groups (broad SMARTS) is 2. The minimum Gasteiger partial charge on any atom is -0.481 e. The Morgan fingerprint density at radius 1 is 1.03 bits per heavy atom. The lowest BCUT2D eigenvalue weighted by Crippen LogP contribution is -2.46. The molecule has 1 aliphatic heterocycles. The van der Waals surface area contributed by atoms with Crippen LogP contribution in [0, 0.1) is 0 Å². The molecule has 1 aromatic rings. The number of aldehydes is 2. The molecule has 0 fully saturated rings. The Morgan fingerprint density at radius 3 is 2.22 bits per heavy atom. The monoisotopic (exact) mass is 448 g/mol. The zero-order valence-corrected chi connectivity index (χ0v) is 18.4. The summed E-state index contributed by atoms with van der Waals surface area (Å²) < 4.78 is 0. The third-order valence-corrected chi connectivity index (χ3v) is 5.70. The van der Waals surface area contributed by atoms with Crippen molar-refractivity contribution in [3.05, 3.63) is 29.6 Å². The van der Waals surface area contributed by atoms with E-state index in [1.807, 2.05) is 30.1 Å². The minimum absolute atomic E-state index is 0.0135. The standard InChI is InChI=1S/C22H32N4O6/c1-24-9-11-25(19(16-28)6-3-13-27)14-17-4-2-5-18(23-17)15-26(12-10-24)20(22(31)32)7-8-21(29)30/h2,4-5,13,16,19-20H,3,6-12,14-15H2,1H3,(H,29,30)(H,31,32)/t19-,20-/m1/s1. The molecule has 0 saturated heterocycles. The maximum atomic E-state index is 11.9. The maximum absolute atomic E-state index is 11.9. The summed E-state index contributed by atoms with van der Waals surface area (Å²) in [6.07, 6.45) is 2.25. The lowest BCUT2D eigenvalue weighted by molar-refractivity contribution is -0.145. The number of carbonyl (C=O) groups excluding carboxylic acids is 2. The molecule has 0 aromatic carbocycles. The fourth-order valence-corrected chi connectivity index (χ4v) is 3.84. The van der Waals surface area contributed by atoms with E-state index in [2.05, 4.69) is 9.88 Å².